The first kappa shape index (κ1) is 10.6. The molecule has 0 aliphatic heterocycles. The van der Waals surface area contributed by atoms with E-state index in [0.717, 1.165) is 5.75 Å². The van der Waals surface area contributed by atoms with E-state index in [1.807, 2.05) is 11.8 Å². The predicted molar refractivity (Wildman–Crippen MR) is 69.5 cm³/mol. The third-order valence-electron chi connectivity index (χ3n) is 2.86. The number of nitrogens with zero attached hydrogens (tertiary/aromatic N) is 1. The van der Waals surface area contributed by atoms with Gasteiger partial charge in [0.15, 0.2) is 0 Å². The molecule has 15 heavy (non-hydrogen) atoms. The molecule has 1 aromatic carbocycles. The van der Waals surface area contributed by atoms with Gasteiger partial charge in [0.05, 0.1) is 0 Å². The van der Waals surface area contributed by atoms with Crippen LogP contribution in [0.1, 0.15) is 18.2 Å². The second-order valence-electron chi connectivity index (χ2n) is 3.84. The zero-order chi connectivity index (χ0) is 10.8. The van der Waals surface area contributed by atoms with Crippen LogP contribution in [-0.4, -0.2) is 10.3 Å². The summed E-state index contributed by atoms with van der Waals surface area (Å²) < 4.78 is 2.31. The van der Waals surface area contributed by atoms with E-state index in [-0.39, 0.29) is 0 Å². The van der Waals surface area contributed by atoms with Crippen molar-refractivity contribution in [3.05, 3.63) is 35.5 Å². The molecule has 2 heteroatoms. The van der Waals surface area contributed by atoms with Crippen molar-refractivity contribution in [2.24, 2.45) is 7.05 Å². The number of rotatable bonds is 3. The van der Waals surface area contributed by atoms with Gasteiger partial charge in [-0.25, -0.2) is 0 Å². The van der Waals surface area contributed by atoms with Crippen molar-refractivity contribution in [3.63, 3.8) is 0 Å². The standard InChI is InChI=1S/C13H17NS/c1-4-15-9-11-8-12-10(2)6-5-7-13(12)14(11)3/h5-8H,4,9H2,1-3H3. The highest BCUT2D eigenvalue weighted by Gasteiger charge is 2.06. The zero-order valence-electron chi connectivity index (χ0n) is 9.58. The lowest BCUT2D eigenvalue weighted by Gasteiger charge is -2.02. The Kier molecular flexibility index (Phi) is 3.06. The Morgan fingerprint density at radius 1 is 1.33 bits per heavy atom. The van der Waals surface area contributed by atoms with Gasteiger partial charge in [-0.3, -0.25) is 0 Å². The van der Waals surface area contributed by atoms with E-state index in [0.29, 0.717) is 0 Å². The molecule has 0 radical (unpaired) electrons. The summed E-state index contributed by atoms with van der Waals surface area (Å²) in [6.45, 7) is 4.39. The lowest BCUT2D eigenvalue weighted by atomic mass is 10.1. The summed E-state index contributed by atoms with van der Waals surface area (Å²) in [5.41, 5.74) is 4.14. The second kappa shape index (κ2) is 4.31. The molecule has 80 valence electrons. The Hall–Kier alpha value is -0.890. The largest absolute Gasteiger partial charge is 0.347 e. The highest BCUT2D eigenvalue weighted by atomic mass is 32.2. The molecule has 0 atom stereocenters. The minimum atomic E-state index is 1.11. The van der Waals surface area contributed by atoms with Crippen molar-refractivity contribution in [1.82, 2.24) is 4.57 Å². The van der Waals surface area contributed by atoms with E-state index in [4.69, 9.17) is 0 Å². The maximum Gasteiger partial charge on any atom is 0.0482 e. The van der Waals surface area contributed by atoms with Gasteiger partial charge in [-0.15, -0.1) is 0 Å². The van der Waals surface area contributed by atoms with Gasteiger partial charge in [-0.05, 0) is 30.4 Å². The van der Waals surface area contributed by atoms with E-state index < -0.39 is 0 Å². The van der Waals surface area contributed by atoms with Crippen LogP contribution in [0.3, 0.4) is 0 Å². The van der Waals surface area contributed by atoms with Gasteiger partial charge in [0.1, 0.15) is 0 Å². The van der Waals surface area contributed by atoms with Crippen molar-refractivity contribution in [1.29, 1.82) is 0 Å². The van der Waals surface area contributed by atoms with E-state index in [9.17, 15) is 0 Å². The number of hydrogen-bond donors (Lipinski definition) is 0. The van der Waals surface area contributed by atoms with Crippen molar-refractivity contribution in [2.45, 2.75) is 19.6 Å². The molecule has 1 nitrogen and oxygen atoms in total. The lowest BCUT2D eigenvalue weighted by Crippen LogP contribution is -1.93. The third kappa shape index (κ3) is 1.91. The number of fused-ring (bicyclic) bond motifs is 1. The maximum absolute atomic E-state index is 2.33. The summed E-state index contributed by atoms with van der Waals surface area (Å²) >= 11 is 1.98. The van der Waals surface area contributed by atoms with Gasteiger partial charge >= 0.3 is 0 Å². The summed E-state index contributed by atoms with van der Waals surface area (Å²) in [5.74, 6) is 2.29. The Morgan fingerprint density at radius 3 is 2.80 bits per heavy atom. The van der Waals surface area contributed by atoms with Crippen LogP contribution in [0.4, 0.5) is 0 Å². The molecule has 1 aromatic heterocycles. The first-order valence-electron chi connectivity index (χ1n) is 5.35. The smallest absolute Gasteiger partial charge is 0.0482 e. The number of aryl methyl sites for hydroxylation is 2. The molecule has 0 aliphatic carbocycles. The van der Waals surface area contributed by atoms with Crippen LogP contribution in [-0.2, 0) is 12.8 Å². The first-order chi connectivity index (χ1) is 7.24. The van der Waals surface area contributed by atoms with E-state index in [1.165, 1.54) is 27.9 Å². The average Bonchev–Trinajstić information content (AvgIpc) is 2.55. The molecular weight excluding hydrogens is 202 g/mol. The van der Waals surface area contributed by atoms with Crippen molar-refractivity contribution in [3.8, 4) is 0 Å². The van der Waals surface area contributed by atoms with Crippen molar-refractivity contribution >= 4 is 22.7 Å². The minimum absolute atomic E-state index is 1.11. The summed E-state index contributed by atoms with van der Waals surface area (Å²) in [6, 6.07) is 8.84. The second-order valence-corrected chi connectivity index (χ2v) is 5.11. The number of aromatic nitrogens is 1. The molecular formula is C13H17NS. The van der Waals surface area contributed by atoms with Gasteiger partial charge < -0.3 is 4.57 Å². The zero-order valence-corrected chi connectivity index (χ0v) is 10.4. The van der Waals surface area contributed by atoms with Crippen LogP contribution in [0.15, 0.2) is 24.3 Å². The molecule has 0 saturated carbocycles. The van der Waals surface area contributed by atoms with E-state index in [2.05, 4.69) is 49.7 Å². The SMILES string of the molecule is CCSCc1cc2c(C)cccc2n1C. The quantitative estimate of drug-likeness (QED) is 0.761. The Morgan fingerprint density at radius 2 is 2.13 bits per heavy atom. The van der Waals surface area contributed by atoms with Crippen LogP contribution in [0, 0.1) is 6.92 Å². The minimum Gasteiger partial charge on any atom is -0.347 e. The fourth-order valence-corrected chi connectivity index (χ4v) is 2.60. The average molecular weight is 219 g/mol. The number of hydrogen-bond acceptors (Lipinski definition) is 1. The molecule has 0 fully saturated rings. The van der Waals surface area contributed by atoms with Gasteiger partial charge in [-0.1, -0.05) is 19.1 Å². The van der Waals surface area contributed by atoms with E-state index in [1.54, 1.807) is 0 Å². The van der Waals surface area contributed by atoms with Crippen LogP contribution in [0.5, 0.6) is 0 Å². The number of benzene rings is 1. The van der Waals surface area contributed by atoms with Crippen molar-refractivity contribution in [2.75, 3.05) is 5.75 Å². The molecule has 0 unspecified atom stereocenters. The number of thioether (sulfide) groups is 1. The van der Waals surface area contributed by atoms with Crippen LogP contribution >= 0.6 is 11.8 Å². The monoisotopic (exact) mass is 219 g/mol. The molecule has 0 amide bonds. The molecule has 1 heterocycles. The topological polar surface area (TPSA) is 4.93 Å². The fourth-order valence-electron chi connectivity index (χ4n) is 1.91. The molecule has 0 bridgehead atoms. The summed E-state index contributed by atoms with van der Waals surface area (Å²) in [4.78, 5) is 0. The lowest BCUT2D eigenvalue weighted by molar-refractivity contribution is 0.909. The van der Waals surface area contributed by atoms with Crippen LogP contribution in [0.25, 0.3) is 10.9 Å². The van der Waals surface area contributed by atoms with Gasteiger partial charge in [0.25, 0.3) is 0 Å². The normalized spacial score (nSPS) is 11.1. The van der Waals surface area contributed by atoms with Gasteiger partial charge in [0, 0.05) is 29.4 Å². The summed E-state index contributed by atoms with van der Waals surface area (Å²) in [6.07, 6.45) is 0. The molecule has 2 aromatic rings. The molecule has 0 saturated heterocycles. The van der Waals surface area contributed by atoms with E-state index >= 15 is 0 Å². The van der Waals surface area contributed by atoms with Gasteiger partial charge in [-0.2, -0.15) is 11.8 Å². The Bertz CT molecular complexity index is 471. The Labute approximate surface area is 95.5 Å². The fraction of sp³-hybridized carbons (Fsp3) is 0.385. The maximum atomic E-state index is 2.33. The van der Waals surface area contributed by atoms with Crippen LogP contribution < -0.4 is 0 Å². The first-order valence-corrected chi connectivity index (χ1v) is 6.51. The van der Waals surface area contributed by atoms with Crippen LogP contribution in [0.2, 0.25) is 0 Å². The highest BCUT2D eigenvalue weighted by molar-refractivity contribution is 7.98. The predicted octanol–water partition coefficient (Wildman–Crippen LogP) is 3.74. The highest BCUT2D eigenvalue weighted by Crippen LogP contribution is 2.24. The van der Waals surface area contributed by atoms with Gasteiger partial charge in [0.2, 0.25) is 0 Å². The Balaban J connectivity index is 2.49. The van der Waals surface area contributed by atoms with Crippen molar-refractivity contribution < 1.29 is 0 Å². The summed E-state index contributed by atoms with van der Waals surface area (Å²) in [7, 11) is 2.16. The molecule has 0 N–H and O–H groups in total. The summed E-state index contributed by atoms with van der Waals surface area (Å²) in [5, 5.41) is 1.40. The molecule has 0 aliphatic rings. The molecule has 0 spiro atoms. The third-order valence-corrected chi connectivity index (χ3v) is 3.77. The molecule has 2 rings (SSSR count).